The Balaban J connectivity index is 1.40. The fourth-order valence-corrected chi connectivity index (χ4v) is 4.36. The van der Waals surface area contributed by atoms with Crippen molar-refractivity contribution in [3.63, 3.8) is 0 Å². The first-order valence-corrected chi connectivity index (χ1v) is 12.0. The minimum absolute atomic E-state index is 0.0852. The van der Waals surface area contributed by atoms with Gasteiger partial charge in [0.25, 0.3) is 0 Å². The van der Waals surface area contributed by atoms with Crippen LogP contribution in [0.4, 0.5) is 4.39 Å². The lowest BCUT2D eigenvalue weighted by atomic mass is 9.99. The van der Waals surface area contributed by atoms with Crippen molar-refractivity contribution in [2.75, 3.05) is 0 Å². The summed E-state index contributed by atoms with van der Waals surface area (Å²) in [6.45, 7) is 3.94. The summed E-state index contributed by atoms with van der Waals surface area (Å²) in [5.74, 6) is -0.458. The molecule has 0 unspecified atom stereocenters. The molecule has 0 radical (unpaired) electrons. The highest BCUT2D eigenvalue weighted by molar-refractivity contribution is 5.68. The van der Waals surface area contributed by atoms with Crippen molar-refractivity contribution in [3.8, 4) is 28.5 Å². The van der Waals surface area contributed by atoms with Gasteiger partial charge < -0.3 is 14.8 Å². The number of carboxylic acid groups (broad SMARTS) is 1. The number of halogens is 1. The first-order chi connectivity index (χ1) is 16.4. The van der Waals surface area contributed by atoms with E-state index < -0.39 is 5.97 Å². The van der Waals surface area contributed by atoms with Gasteiger partial charge in [-0.25, -0.2) is 19.3 Å². The maximum atomic E-state index is 14.9. The fraction of sp³-hybridized carbons (Fsp3) is 0.462. The van der Waals surface area contributed by atoms with Gasteiger partial charge in [-0.2, -0.15) is 0 Å². The Morgan fingerprint density at radius 1 is 1.18 bits per heavy atom. The number of aromatic nitrogens is 4. The Bertz CT molecular complexity index is 1110. The number of aliphatic carboxylic acids is 1. The molecule has 0 amide bonds. The molecule has 7 nitrogen and oxygen atoms in total. The number of benzene rings is 1. The van der Waals surface area contributed by atoms with Crippen LogP contribution in [0.3, 0.4) is 0 Å². The first kappa shape index (κ1) is 23.9. The summed E-state index contributed by atoms with van der Waals surface area (Å²) in [7, 11) is 0. The molecular weight excluding hydrogens is 435 g/mol. The zero-order chi connectivity index (χ0) is 24.1. The van der Waals surface area contributed by atoms with E-state index in [4.69, 9.17) is 9.84 Å². The topological polar surface area (TPSA) is 101 Å². The van der Waals surface area contributed by atoms with Gasteiger partial charge in [0, 0.05) is 30.1 Å². The zero-order valence-electron chi connectivity index (χ0n) is 19.7. The summed E-state index contributed by atoms with van der Waals surface area (Å²) in [4.78, 5) is 27.3. The number of ether oxygens (including phenoxy) is 1. The normalized spacial score (nSPS) is 14.9. The summed E-state index contributed by atoms with van der Waals surface area (Å²) in [6, 6.07) is 5.33. The maximum absolute atomic E-state index is 14.9. The van der Waals surface area contributed by atoms with Crippen molar-refractivity contribution < 1.29 is 19.0 Å². The highest BCUT2D eigenvalue weighted by atomic mass is 19.1. The number of nitrogens with one attached hydrogen (secondary N) is 1. The molecule has 0 spiro atoms. The first-order valence-electron chi connectivity index (χ1n) is 12.0. The average Bonchev–Trinajstić information content (AvgIpc) is 3.25. The Hall–Kier alpha value is -3.29. The fourth-order valence-electron chi connectivity index (χ4n) is 4.36. The molecule has 0 fully saturated rings. The van der Waals surface area contributed by atoms with Crippen molar-refractivity contribution in [2.45, 2.75) is 71.3 Å². The monoisotopic (exact) mass is 466 g/mol. The molecular formula is C26H31FN4O3. The van der Waals surface area contributed by atoms with Gasteiger partial charge in [-0.15, -0.1) is 0 Å². The van der Waals surface area contributed by atoms with Crippen LogP contribution in [0, 0.1) is 11.7 Å². The smallest absolute Gasteiger partial charge is 0.316 e. The largest absolute Gasteiger partial charge is 0.481 e. The van der Waals surface area contributed by atoms with E-state index in [-0.39, 0.29) is 30.3 Å². The molecule has 1 aliphatic rings. The SMILES string of the molecule is CC[C@H](CC[C@@H](C)CC(=O)O)Oc1ncc(-c2ccc(-c3nc4c([nH]3)CCCC4)c(F)c2)cn1. The van der Waals surface area contributed by atoms with Gasteiger partial charge in [0.15, 0.2) is 0 Å². The number of imidazole rings is 1. The van der Waals surface area contributed by atoms with Gasteiger partial charge in [0.2, 0.25) is 0 Å². The molecule has 1 aromatic carbocycles. The maximum Gasteiger partial charge on any atom is 0.316 e. The summed E-state index contributed by atoms with van der Waals surface area (Å²) in [6.07, 6.45) is 9.76. The van der Waals surface area contributed by atoms with Crippen LogP contribution in [0.2, 0.25) is 0 Å². The Kier molecular flexibility index (Phi) is 7.55. The van der Waals surface area contributed by atoms with Crippen LogP contribution in [0.1, 0.15) is 63.8 Å². The van der Waals surface area contributed by atoms with E-state index in [1.807, 2.05) is 19.9 Å². The third kappa shape index (κ3) is 5.79. The van der Waals surface area contributed by atoms with Crippen LogP contribution in [0.25, 0.3) is 22.5 Å². The number of rotatable bonds is 10. The van der Waals surface area contributed by atoms with Crippen LogP contribution in [-0.4, -0.2) is 37.1 Å². The van der Waals surface area contributed by atoms with Crippen LogP contribution in [-0.2, 0) is 17.6 Å². The van der Waals surface area contributed by atoms with Crippen LogP contribution >= 0.6 is 0 Å². The number of hydrogen-bond acceptors (Lipinski definition) is 5. The van der Waals surface area contributed by atoms with Crippen molar-refractivity contribution in [2.24, 2.45) is 5.92 Å². The number of H-pyrrole nitrogens is 1. The number of hydrogen-bond donors (Lipinski definition) is 2. The Morgan fingerprint density at radius 3 is 2.62 bits per heavy atom. The minimum Gasteiger partial charge on any atom is -0.481 e. The molecule has 2 heterocycles. The van der Waals surface area contributed by atoms with E-state index in [0.29, 0.717) is 22.5 Å². The van der Waals surface area contributed by atoms with Gasteiger partial charge >= 0.3 is 12.0 Å². The van der Waals surface area contributed by atoms with E-state index in [9.17, 15) is 9.18 Å². The summed E-state index contributed by atoms with van der Waals surface area (Å²) in [5, 5.41) is 8.91. The molecule has 3 aromatic rings. The molecule has 2 N–H and O–H groups in total. The standard InChI is InChI=1S/C26H31FN4O3/c1-3-19(10-8-16(2)12-24(32)33)34-26-28-14-18(15-29-26)17-9-11-20(21(27)13-17)25-30-22-6-4-5-7-23(22)31-25/h9,11,13-16,19H,3-8,10,12H2,1-2H3,(H,30,31)(H,32,33)/t16-,19-/m1/s1. The molecule has 2 aromatic heterocycles. The molecule has 4 rings (SSSR count). The molecule has 0 bridgehead atoms. The van der Waals surface area contributed by atoms with E-state index in [1.54, 1.807) is 18.5 Å². The summed E-state index contributed by atoms with van der Waals surface area (Å²) < 4.78 is 20.8. The minimum atomic E-state index is -0.784. The second kappa shape index (κ2) is 10.8. The lowest BCUT2D eigenvalue weighted by Gasteiger charge is -2.18. The molecule has 34 heavy (non-hydrogen) atoms. The predicted molar refractivity (Wildman–Crippen MR) is 127 cm³/mol. The highest BCUT2D eigenvalue weighted by Crippen LogP contribution is 2.29. The molecule has 0 saturated heterocycles. The van der Waals surface area contributed by atoms with Gasteiger partial charge in [0.05, 0.1) is 11.3 Å². The quantitative estimate of drug-likeness (QED) is 0.403. The average molecular weight is 467 g/mol. The number of fused-ring (bicyclic) bond motifs is 1. The molecule has 2 atom stereocenters. The summed E-state index contributed by atoms with van der Waals surface area (Å²) >= 11 is 0. The van der Waals surface area contributed by atoms with Crippen LogP contribution in [0.15, 0.2) is 30.6 Å². The van der Waals surface area contributed by atoms with Gasteiger partial charge in [0.1, 0.15) is 17.7 Å². The van der Waals surface area contributed by atoms with E-state index in [2.05, 4.69) is 19.9 Å². The van der Waals surface area contributed by atoms with Crippen molar-refractivity contribution >= 4 is 5.97 Å². The number of carbonyl (C=O) groups is 1. The van der Waals surface area contributed by atoms with Gasteiger partial charge in [-0.05, 0) is 68.6 Å². The molecule has 0 aliphatic heterocycles. The molecule has 180 valence electrons. The van der Waals surface area contributed by atoms with Crippen molar-refractivity contribution in [3.05, 3.63) is 47.8 Å². The number of aromatic amines is 1. The Labute approximate surface area is 198 Å². The van der Waals surface area contributed by atoms with Crippen molar-refractivity contribution in [1.29, 1.82) is 0 Å². The number of aryl methyl sites for hydroxylation is 2. The van der Waals surface area contributed by atoms with Gasteiger partial charge in [-0.1, -0.05) is 19.9 Å². The highest BCUT2D eigenvalue weighted by Gasteiger charge is 2.18. The van der Waals surface area contributed by atoms with Crippen molar-refractivity contribution in [1.82, 2.24) is 19.9 Å². The van der Waals surface area contributed by atoms with E-state index in [0.717, 1.165) is 56.3 Å². The van der Waals surface area contributed by atoms with Crippen LogP contribution < -0.4 is 4.74 Å². The van der Waals surface area contributed by atoms with E-state index in [1.165, 1.54) is 6.07 Å². The third-order valence-electron chi connectivity index (χ3n) is 6.37. The van der Waals surface area contributed by atoms with Gasteiger partial charge in [-0.3, -0.25) is 4.79 Å². The lowest BCUT2D eigenvalue weighted by molar-refractivity contribution is -0.138. The Morgan fingerprint density at radius 2 is 1.94 bits per heavy atom. The third-order valence-corrected chi connectivity index (χ3v) is 6.37. The number of carboxylic acids is 1. The summed E-state index contributed by atoms with van der Waals surface area (Å²) in [5.41, 5.74) is 4.01. The second-order valence-corrected chi connectivity index (χ2v) is 9.10. The molecule has 8 heteroatoms. The molecule has 0 saturated carbocycles. The second-order valence-electron chi connectivity index (χ2n) is 9.10. The number of nitrogens with zero attached hydrogens (tertiary/aromatic N) is 3. The van der Waals surface area contributed by atoms with E-state index >= 15 is 0 Å². The van der Waals surface area contributed by atoms with Crippen LogP contribution in [0.5, 0.6) is 6.01 Å². The molecule has 1 aliphatic carbocycles. The predicted octanol–water partition coefficient (Wildman–Crippen LogP) is 5.60. The zero-order valence-corrected chi connectivity index (χ0v) is 19.7. The lowest BCUT2D eigenvalue weighted by Crippen LogP contribution is -2.18.